The van der Waals surface area contributed by atoms with Crippen molar-refractivity contribution in [3.63, 3.8) is 0 Å². The average Bonchev–Trinajstić information content (AvgIpc) is 2.81. The smallest absolute Gasteiger partial charge is 0.0825 e. The van der Waals surface area contributed by atoms with Crippen LogP contribution in [0.3, 0.4) is 0 Å². The summed E-state index contributed by atoms with van der Waals surface area (Å²) in [5.74, 6) is 0. The van der Waals surface area contributed by atoms with Crippen LogP contribution in [0.2, 0.25) is 20.1 Å². The number of benzene rings is 2. The van der Waals surface area contributed by atoms with Crippen LogP contribution in [0.1, 0.15) is 12.8 Å². The molecule has 2 aliphatic heterocycles. The lowest BCUT2D eigenvalue weighted by atomic mass is 10.2. The Morgan fingerprint density at radius 2 is 0.906 bits per heavy atom. The second-order valence-corrected chi connectivity index (χ2v) is 10.1. The Morgan fingerprint density at radius 3 is 1.28 bits per heavy atom. The topological polar surface area (TPSA) is 13.0 Å². The number of hydrogen-bond donors (Lipinski definition) is 0. The molecule has 0 bridgehead atoms. The summed E-state index contributed by atoms with van der Waals surface area (Å²) < 4.78 is 0. The number of nitrogens with zero attached hydrogens (tertiary/aromatic N) is 4. The molecule has 174 valence electrons. The van der Waals surface area contributed by atoms with E-state index in [4.69, 9.17) is 46.4 Å². The van der Waals surface area contributed by atoms with E-state index in [1.165, 1.54) is 12.8 Å². The number of piperazine rings is 2. The second kappa shape index (κ2) is 11.5. The molecule has 0 N–H and O–H groups in total. The molecule has 8 heteroatoms. The minimum absolute atomic E-state index is 0.628. The predicted octanol–water partition coefficient (Wildman–Crippen LogP) is 6.02. The Bertz CT molecular complexity index is 820. The third kappa shape index (κ3) is 5.97. The zero-order valence-corrected chi connectivity index (χ0v) is 21.3. The summed E-state index contributed by atoms with van der Waals surface area (Å²) >= 11 is 25.1. The van der Waals surface area contributed by atoms with Crippen LogP contribution in [-0.2, 0) is 0 Å². The molecule has 2 aromatic rings. The highest BCUT2D eigenvalue weighted by Gasteiger charge is 2.21. The van der Waals surface area contributed by atoms with Crippen molar-refractivity contribution in [2.75, 3.05) is 75.2 Å². The predicted molar refractivity (Wildman–Crippen MR) is 139 cm³/mol. The lowest BCUT2D eigenvalue weighted by Gasteiger charge is -2.37. The fourth-order valence-corrected chi connectivity index (χ4v) is 5.40. The quantitative estimate of drug-likeness (QED) is 0.417. The van der Waals surface area contributed by atoms with Crippen LogP contribution < -0.4 is 9.80 Å². The molecule has 2 aliphatic rings. The number of rotatable bonds is 7. The minimum atomic E-state index is 0.628. The SMILES string of the molecule is Clc1cccc(N2CCN(CCCCN3CCN(c4cccc(Cl)c4Cl)CC3)CC2)c1Cl. The van der Waals surface area contributed by atoms with Gasteiger partial charge in [-0.25, -0.2) is 0 Å². The van der Waals surface area contributed by atoms with Crippen LogP contribution >= 0.6 is 46.4 Å². The molecule has 4 rings (SSSR count). The van der Waals surface area contributed by atoms with Crippen LogP contribution in [0.25, 0.3) is 0 Å². The summed E-state index contributed by atoms with van der Waals surface area (Å²) in [6, 6.07) is 11.7. The van der Waals surface area contributed by atoms with Gasteiger partial charge in [-0.3, -0.25) is 9.80 Å². The van der Waals surface area contributed by atoms with Gasteiger partial charge in [-0.1, -0.05) is 58.5 Å². The highest BCUT2D eigenvalue weighted by molar-refractivity contribution is 6.44. The summed E-state index contributed by atoms with van der Waals surface area (Å²) in [6.45, 7) is 10.6. The molecule has 2 heterocycles. The van der Waals surface area contributed by atoms with Crippen LogP contribution in [0.5, 0.6) is 0 Å². The lowest BCUT2D eigenvalue weighted by molar-refractivity contribution is 0.227. The largest absolute Gasteiger partial charge is 0.368 e. The first kappa shape index (κ1) is 24.3. The number of halogens is 4. The van der Waals surface area contributed by atoms with Crippen LogP contribution in [-0.4, -0.2) is 75.2 Å². The van der Waals surface area contributed by atoms with Gasteiger partial charge in [0, 0.05) is 52.4 Å². The van der Waals surface area contributed by atoms with Gasteiger partial charge in [0.15, 0.2) is 0 Å². The molecule has 0 saturated carbocycles. The van der Waals surface area contributed by atoms with E-state index in [-0.39, 0.29) is 0 Å². The van der Waals surface area contributed by atoms with Gasteiger partial charge in [-0.05, 0) is 50.2 Å². The molecule has 2 saturated heterocycles. The first-order valence-corrected chi connectivity index (χ1v) is 12.9. The molecule has 0 amide bonds. The van der Waals surface area contributed by atoms with E-state index in [1.54, 1.807) is 0 Å². The van der Waals surface area contributed by atoms with Gasteiger partial charge in [0.25, 0.3) is 0 Å². The molecular weight excluding hydrogens is 486 g/mol. The van der Waals surface area contributed by atoms with Gasteiger partial charge < -0.3 is 9.80 Å². The molecule has 2 fully saturated rings. The van der Waals surface area contributed by atoms with E-state index < -0.39 is 0 Å². The Balaban J connectivity index is 1.13. The van der Waals surface area contributed by atoms with Crippen molar-refractivity contribution >= 4 is 57.8 Å². The standard InChI is InChI=1S/C24H30Cl4N4/c25-19-5-3-7-21(23(19)27)31-15-11-29(12-16-31)9-1-2-10-30-13-17-32(18-14-30)22-8-4-6-20(26)24(22)28/h3-8H,1-2,9-18H2. The van der Waals surface area contributed by atoms with E-state index >= 15 is 0 Å². The minimum Gasteiger partial charge on any atom is -0.368 e. The van der Waals surface area contributed by atoms with E-state index in [0.29, 0.717) is 20.1 Å². The summed E-state index contributed by atoms with van der Waals surface area (Å²) in [4.78, 5) is 9.81. The number of anilines is 2. The molecule has 0 atom stereocenters. The zero-order valence-electron chi connectivity index (χ0n) is 18.3. The summed E-state index contributed by atoms with van der Waals surface area (Å²) in [6.07, 6.45) is 2.47. The normalized spacial score (nSPS) is 18.4. The van der Waals surface area contributed by atoms with Crippen molar-refractivity contribution in [3.8, 4) is 0 Å². The number of unbranched alkanes of at least 4 members (excludes halogenated alkanes) is 1. The van der Waals surface area contributed by atoms with Gasteiger partial charge in [0.05, 0.1) is 31.5 Å². The van der Waals surface area contributed by atoms with Crippen molar-refractivity contribution < 1.29 is 0 Å². The molecule has 0 aliphatic carbocycles. The van der Waals surface area contributed by atoms with Crippen molar-refractivity contribution in [3.05, 3.63) is 56.5 Å². The monoisotopic (exact) mass is 514 g/mol. The Labute approximate surface area is 211 Å². The molecule has 0 radical (unpaired) electrons. The van der Waals surface area contributed by atoms with Crippen molar-refractivity contribution in [2.24, 2.45) is 0 Å². The number of hydrogen-bond acceptors (Lipinski definition) is 4. The fourth-order valence-electron chi connectivity index (χ4n) is 4.57. The van der Waals surface area contributed by atoms with Gasteiger partial charge in [-0.2, -0.15) is 0 Å². The van der Waals surface area contributed by atoms with Crippen molar-refractivity contribution in [2.45, 2.75) is 12.8 Å². The molecule has 32 heavy (non-hydrogen) atoms. The Kier molecular flexibility index (Phi) is 8.72. The highest BCUT2D eigenvalue weighted by Crippen LogP contribution is 2.34. The van der Waals surface area contributed by atoms with Crippen molar-refractivity contribution in [1.29, 1.82) is 0 Å². The maximum absolute atomic E-state index is 6.39. The maximum atomic E-state index is 6.39. The third-order valence-corrected chi connectivity index (χ3v) is 8.10. The Morgan fingerprint density at radius 1 is 0.531 bits per heavy atom. The molecule has 0 unspecified atom stereocenters. The summed E-state index contributed by atoms with van der Waals surface area (Å²) in [5, 5.41) is 2.59. The second-order valence-electron chi connectivity index (χ2n) is 8.51. The van der Waals surface area contributed by atoms with Crippen molar-refractivity contribution in [1.82, 2.24) is 9.80 Å². The first-order chi connectivity index (χ1) is 15.5. The lowest BCUT2D eigenvalue weighted by Crippen LogP contribution is -2.47. The average molecular weight is 516 g/mol. The molecule has 0 aromatic heterocycles. The van der Waals surface area contributed by atoms with E-state index in [9.17, 15) is 0 Å². The third-order valence-electron chi connectivity index (χ3n) is 6.49. The molecule has 2 aromatic carbocycles. The Hall–Kier alpha value is -0.880. The van der Waals surface area contributed by atoms with Gasteiger partial charge in [-0.15, -0.1) is 0 Å². The van der Waals surface area contributed by atoms with Crippen LogP contribution in [0.4, 0.5) is 11.4 Å². The van der Waals surface area contributed by atoms with Crippen LogP contribution in [0, 0.1) is 0 Å². The van der Waals surface area contributed by atoms with E-state index in [0.717, 1.165) is 76.8 Å². The summed E-state index contributed by atoms with van der Waals surface area (Å²) in [5.41, 5.74) is 2.11. The van der Waals surface area contributed by atoms with Gasteiger partial charge in [0.2, 0.25) is 0 Å². The van der Waals surface area contributed by atoms with E-state index in [2.05, 4.69) is 31.7 Å². The highest BCUT2D eigenvalue weighted by atomic mass is 35.5. The molecule has 0 spiro atoms. The fraction of sp³-hybridized carbons (Fsp3) is 0.500. The summed E-state index contributed by atoms with van der Waals surface area (Å²) in [7, 11) is 0. The maximum Gasteiger partial charge on any atom is 0.0825 e. The first-order valence-electron chi connectivity index (χ1n) is 11.4. The molecular formula is C24H30Cl4N4. The zero-order chi connectivity index (χ0) is 22.5. The molecule has 4 nitrogen and oxygen atoms in total. The van der Waals surface area contributed by atoms with Gasteiger partial charge in [0.1, 0.15) is 0 Å². The van der Waals surface area contributed by atoms with Gasteiger partial charge >= 0.3 is 0 Å². The van der Waals surface area contributed by atoms with Crippen LogP contribution in [0.15, 0.2) is 36.4 Å². The van der Waals surface area contributed by atoms with E-state index in [1.807, 2.05) is 24.3 Å².